The van der Waals surface area contributed by atoms with Gasteiger partial charge < -0.3 is 16.0 Å². The number of hydrogen-bond donors (Lipinski definition) is 2. The van der Waals surface area contributed by atoms with E-state index in [0.717, 1.165) is 13.0 Å². The first-order valence-corrected chi connectivity index (χ1v) is 6.24. The maximum absolute atomic E-state index is 11.8. The smallest absolute Gasteiger partial charge is 0.229 e. The summed E-state index contributed by atoms with van der Waals surface area (Å²) in [6.45, 7) is 3.74. The van der Waals surface area contributed by atoms with E-state index in [0.29, 0.717) is 24.0 Å². The Labute approximate surface area is 103 Å². The highest BCUT2D eigenvalue weighted by atomic mass is 32.1. The zero-order valence-electron chi connectivity index (χ0n) is 10.0. The number of rotatable bonds is 5. The Morgan fingerprint density at radius 3 is 2.81 bits per heavy atom. The van der Waals surface area contributed by atoms with Crippen LogP contribution in [0.5, 0.6) is 0 Å². The molecule has 1 aliphatic heterocycles. The van der Waals surface area contributed by atoms with Crippen molar-refractivity contribution in [3.63, 3.8) is 0 Å². The molecule has 0 aromatic carbocycles. The molecule has 0 saturated carbocycles. The molecule has 0 spiro atoms. The van der Waals surface area contributed by atoms with Crippen LogP contribution in [0.15, 0.2) is 0 Å². The summed E-state index contributed by atoms with van der Waals surface area (Å²) in [7, 11) is 2.09. The SMILES string of the molecule is CCC(C(=O)NCC1CCCN1C)C(N)=S. The normalized spacial score (nSPS) is 23.0. The van der Waals surface area contributed by atoms with Gasteiger partial charge in [-0.1, -0.05) is 19.1 Å². The third-order valence-corrected chi connectivity index (χ3v) is 3.54. The van der Waals surface area contributed by atoms with E-state index in [1.807, 2.05) is 6.92 Å². The first-order valence-electron chi connectivity index (χ1n) is 5.83. The number of likely N-dealkylation sites (N-methyl/N-ethyl adjacent to an activating group) is 1. The molecule has 0 aliphatic carbocycles. The lowest BCUT2D eigenvalue weighted by molar-refractivity contribution is -0.123. The summed E-state index contributed by atoms with van der Waals surface area (Å²) in [6, 6.07) is 0.466. The Hall–Kier alpha value is -0.680. The van der Waals surface area contributed by atoms with Gasteiger partial charge in [0.05, 0.1) is 10.9 Å². The highest BCUT2D eigenvalue weighted by Gasteiger charge is 2.24. The number of nitrogens with one attached hydrogen (secondary N) is 1. The summed E-state index contributed by atoms with van der Waals surface area (Å²) in [5.74, 6) is -0.350. The number of nitrogens with zero attached hydrogens (tertiary/aromatic N) is 1. The van der Waals surface area contributed by atoms with Crippen molar-refractivity contribution in [3.05, 3.63) is 0 Å². The van der Waals surface area contributed by atoms with Crippen molar-refractivity contribution in [2.45, 2.75) is 32.2 Å². The fourth-order valence-electron chi connectivity index (χ4n) is 2.09. The Bertz CT molecular complexity index is 270. The zero-order chi connectivity index (χ0) is 12.1. The second kappa shape index (κ2) is 6.15. The number of hydrogen-bond acceptors (Lipinski definition) is 3. The molecule has 1 fully saturated rings. The van der Waals surface area contributed by atoms with Gasteiger partial charge in [0, 0.05) is 12.6 Å². The van der Waals surface area contributed by atoms with E-state index in [1.54, 1.807) is 0 Å². The monoisotopic (exact) mass is 243 g/mol. The summed E-state index contributed by atoms with van der Waals surface area (Å²) in [4.78, 5) is 14.4. The third-order valence-electron chi connectivity index (χ3n) is 3.25. The number of thiocarbonyl (C=S) groups is 1. The summed E-state index contributed by atoms with van der Waals surface area (Å²) in [6.07, 6.45) is 3.03. The van der Waals surface area contributed by atoms with Crippen LogP contribution in [-0.4, -0.2) is 42.0 Å². The second-order valence-electron chi connectivity index (χ2n) is 4.39. The molecule has 16 heavy (non-hydrogen) atoms. The number of carbonyl (C=O) groups excluding carboxylic acids is 1. The van der Waals surface area contributed by atoms with Crippen molar-refractivity contribution in [1.82, 2.24) is 10.2 Å². The fourth-order valence-corrected chi connectivity index (χ4v) is 2.37. The quantitative estimate of drug-likeness (QED) is 0.691. The zero-order valence-corrected chi connectivity index (χ0v) is 10.8. The van der Waals surface area contributed by atoms with Gasteiger partial charge in [-0.25, -0.2) is 0 Å². The van der Waals surface area contributed by atoms with E-state index in [9.17, 15) is 4.79 Å². The standard InChI is InChI=1S/C11H21N3OS/c1-3-9(10(12)16)11(15)13-7-8-5-4-6-14(8)2/h8-9H,3-7H2,1-2H3,(H2,12,16)(H,13,15). The highest BCUT2D eigenvalue weighted by molar-refractivity contribution is 7.80. The topological polar surface area (TPSA) is 58.4 Å². The van der Waals surface area contributed by atoms with Gasteiger partial charge in [0.1, 0.15) is 0 Å². The molecule has 4 nitrogen and oxygen atoms in total. The van der Waals surface area contributed by atoms with Crippen molar-refractivity contribution < 1.29 is 4.79 Å². The van der Waals surface area contributed by atoms with Crippen LogP contribution < -0.4 is 11.1 Å². The van der Waals surface area contributed by atoms with Gasteiger partial charge in [-0.3, -0.25) is 4.79 Å². The Kier molecular flexibility index (Phi) is 5.15. The highest BCUT2D eigenvalue weighted by Crippen LogP contribution is 2.13. The minimum Gasteiger partial charge on any atom is -0.393 e. The van der Waals surface area contributed by atoms with Crippen LogP contribution in [0.4, 0.5) is 0 Å². The number of nitrogens with two attached hydrogens (primary N) is 1. The van der Waals surface area contributed by atoms with Crippen LogP contribution in [-0.2, 0) is 4.79 Å². The maximum atomic E-state index is 11.8. The Morgan fingerprint density at radius 2 is 2.38 bits per heavy atom. The molecule has 5 heteroatoms. The molecule has 1 rings (SSSR count). The van der Waals surface area contributed by atoms with E-state index in [4.69, 9.17) is 18.0 Å². The molecule has 1 amide bonds. The molecule has 0 aromatic heterocycles. The average molecular weight is 243 g/mol. The predicted octanol–water partition coefficient (Wildman–Crippen LogP) is 0.509. The lowest BCUT2D eigenvalue weighted by Gasteiger charge is -2.21. The van der Waals surface area contributed by atoms with E-state index in [1.165, 1.54) is 6.42 Å². The molecule has 3 N–H and O–H groups in total. The van der Waals surface area contributed by atoms with E-state index in [-0.39, 0.29) is 11.8 Å². The molecule has 0 bridgehead atoms. The van der Waals surface area contributed by atoms with Crippen molar-refractivity contribution in [3.8, 4) is 0 Å². The molecule has 1 saturated heterocycles. The van der Waals surface area contributed by atoms with Crippen LogP contribution in [0.2, 0.25) is 0 Å². The molecule has 0 radical (unpaired) electrons. The molecule has 1 heterocycles. The van der Waals surface area contributed by atoms with Gasteiger partial charge in [-0.2, -0.15) is 0 Å². The van der Waals surface area contributed by atoms with Crippen LogP contribution in [0.1, 0.15) is 26.2 Å². The Morgan fingerprint density at radius 1 is 1.69 bits per heavy atom. The predicted molar refractivity (Wildman–Crippen MR) is 69.2 cm³/mol. The average Bonchev–Trinajstić information content (AvgIpc) is 2.61. The Balaban J connectivity index is 2.36. The van der Waals surface area contributed by atoms with Gasteiger partial charge in [-0.15, -0.1) is 0 Å². The fraction of sp³-hybridized carbons (Fsp3) is 0.818. The van der Waals surface area contributed by atoms with Crippen LogP contribution in [0.25, 0.3) is 0 Å². The minimum absolute atomic E-state index is 0.0321. The lowest BCUT2D eigenvalue weighted by Crippen LogP contribution is -2.43. The van der Waals surface area contributed by atoms with Gasteiger partial charge in [0.2, 0.25) is 5.91 Å². The van der Waals surface area contributed by atoms with E-state index < -0.39 is 0 Å². The van der Waals surface area contributed by atoms with Gasteiger partial charge >= 0.3 is 0 Å². The van der Waals surface area contributed by atoms with Gasteiger partial charge in [0.25, 0.3) is 0 Å². The molecule has 92 valence electrons. The van der Waals surface area contributed by atoms with E-state index in [2.05, 4.69) is 17.3 Å². The van der Waals surface area contributed by atoms with Crippen molar-refractivity contribution >= 4 is 23.1 Å². The van der Waals surface area contributed by atoms with Gasteiger partial charge in [0.15, 0.2) is 0 Å². The molecular weight excluding hydrogens is 222 g/mol. The first-order chi connectivity index (χ1) is 7.56. The maximum Gasteiger partial charge on any atom is 0.229 e. The number of likely N-dealkylation sites (tertiary alicyclic amines) is 1. The van der Waals surface area contributed by atoms with Crippen molar-refractivity contribution in [2.24, 2.45) is 11.7 Å². The molecule has 0 aromatic rings. The van der Waals surface area contributed by atoms with Crippen LogP contribution in [0.3, 0.4) is 0 Å². The number of carbonyl (C=O) groups is 1. The van der Waals surface area contributed by atoms with Gasteiger partial charge in [-0.05, 0) is 32.9 Å². The first kappa shape index (κ1) is 13.4. The number of amides is 1. The molecule has 2 unspecified atom stereocenters. The van der Waals surface area contributed by atoms with Crippen molar-refractivity contribution in [1.29, 1.82) is 0 Å². The summed E-state index contributed by atoms with van der Waals surface area (Å²) >= 11 is 4.87. The molecule has 1 aliphatic rings. The summed E-state index contributed by atoms with van der Waals surface area (Å²) < 4.78 is 0. The second-order valence-corrected chi connectivity index (χ2v) is 4.86. The van der Waals surface area contributed by atoms with E-state index >= 15 is 0 Å². The largest absolute Gasteiger partial charge is 0.393 e. The summed E-state index contributed by atoms with van der Waals surface area (Å²) in [5.41, 5.74) is 5.52. The van der Waals surface area contributed by atoms with Crippen LogP contribution >= 0.6 is 12.2 Å². The van der Waals surface area contributed by atoms with Crippen molar-refractivity contribution in [2.75, 3.05) is 20.1 Å². The minimum atomic E-state index is -0.318. The summed E-state index contributed by atoms with van der Waals surface area (Å²) in [5, 5.41) is 2.94. The molecular formula is C11H21N3OS. The molecule has 2 atom stereocenters. The van der Waals surface area contributed by atoms with Crippen LogP contribution in [0, 0.1) is 5.92 Å². The lowest BCUT2D eigenvalue weighted by atomic mass is 10.1. The third kappa shape index (κ3) is 3.42.